The van der Waals surface area contributed by atoms with Gasteiger partial charge in [0.2, 0.25) is 11.8 Å². The van der Waals surface area contributed by atoms with Gasteiger partial charge in [-0.1, -0.05) is 18.2 Å². The Balaban J connectivity index is 1.07. The van der Waals surface area contributed by atoms with E-state index in [0.29, 0.717) is 37.9 Å². The first-order chi connectivity index (χ1) is 17.1. The van der Waals surface area contributed by atoms with Crippen LogP contribution in [0.5, 0.6) is 0 Å². The van der Waals surface area contributed by atoms with Gasteiger partial charge in [0.05, 0.1) is 11.7 Å². The first-order valence-electron chi connectivity index (χ1n) is 12.4. The second-order valence-corrected chi connectivity index (χ2v) is 10.3. The van der Waals surface area contributed by atoms with E-state index in [1.54, 1.807) is 11.3 Å². The summed E-state index contributed by atoms with van der Waals surface area (Å²) in [5.74, 6) is -0.110. The first kappa shape index (κ1) is 23.5. The summed E-state index contributed by atoms with van der Waals surface area (Å²) in [6, 6.07) is 10.3. The van der Waals surface area contributed by atoms with E-state index in [0.717, 1.165) is 49.2 Å². The van der Waals surface area contributed by atoms with Crippen molar-refractivity contribution in [3.05, 3.63) is 57.5 Å². The zero-order chi connectivity index (χ0) is 24.2. The summed E-state index contributed by atoms with van der Waals surface area (Å²) >= 11 is 1.61. The van der Waals surface area contributed by atoms with Gasteiger partial charge >= 0.3 is 0 Å². The van der Waals surface area contributed by atoms with E-state index in [-0.39, 0.29) is 23.9 Å². The molecule has 2 aliphatic rings. The molecule has 1 aliphatic carbocycles. The lowest BCUT2D eigenvalue weighted by Gasteiger charge is -2.36. The van der Waals surface area contributed by atoms with Gasteiger partial charge in [0.15, 0.2) is 0 Å². The van der Waals surface area contributed by atoms with Gasteiger partial charge in [-0.2, -0.15) is 0 Å². The van der Waals surface area contributed by atoms with Crippen molar-refractivity contribution in [1.82, 2.24) is 19.8 Å². The van der Waals surface area contributed by atoms with Gasteiger partial charge < -0.3 is 15.1 Å². The number of carbonyl (C=O) groups is 2. The molecule has 1 N–H and O–H groups in total. The van der Waals surface area contributed by atoms with Crippen LogP contribution in [0.1, 0.15) is 36.1 Å². The molecule has 0 bridgehead atoms. The van der Waals surface area contributed by atoms with E-state index in [1.165, 1.54) is 21.5 Å². The summed E-state index contributed by atoms with van der Waals surface area (Å²) in [5.41, 5.74) is 2.19. The fraction of sp³-hybridized carbons (Fsp3) is 0.462. The van der Waals surface area contributed by atoms with Crippen molar-refractivity contribution in [3.8, 4) is 0 Å². The monoisotopic (exact) mass is 493 g/mol. The van der Waals surface area contributed by atoms with Gasteiger partial charge in [0.25, 0.3) is 5.56 Å². The van der Waals surface area contributed by atoms with Crippen LogP contribution in [0.15, 0.2) is 41.5 Å². The molecule has 5 rings (SSSR count). The highest BCUT2D eigenvalue weighted by Crippen LogP contribution is 2.33. The molecule has 0 saturated carbocycles. The molecule has 8 nitrogen and oxygen atoms in total. The summed E-state index contributed by atoms with van der Waals surface area (Å²) in [5, 5.41) is 3.54. The van der Waals surface area contributed by atoms with Gasteiger partial charge in [-0.25, -0.2) is 4.98 Å². The molecule has 0 atom stereocenters. The van der Waals surface area contributed by atoms with Crippen molar-refractivity contribution in [2.75, 3.05) is 37.6 Å². The van der Waals surface area contributed by atoms with Crippen LogP contribution in [0.2, 0.25) is 0 Å². The lowest BCUT2D eigenvalue weighted by molar-refractivity contribution is -0.131. The van der Waals surface area contributed by atoms with Crippen LogP contribution >= 0.6 is 11.3 Å². The normalized spacial score (nSPS) is 15.8. The highest BCUT2D eigenvalue weighted by Gasteiger charge is 2.22. The molecule has 1 aliphatic heterocycles. The van der Waals surface area contributed by atoms with Crippen molar-refractivity contribution < 1.29 is 9.59 Å². The molecule has 1 aromatic carbocycles. The summed E-state index contributed by atoms with van der Waals surface area (Å²) in [7, 11) is 0. The van der Waals surface area contributed by atoms with E-state index in [4.69, 9.17) is 0 Å². The Morgan fingerprint density at radius 3 is 2.60 bits per heavy atom. The van der Waals surface area contributed by atoms with Gasteiger partial charge in [-0.05, 0) is 49.8 Å². The molecular weight excluding hydrogens is 462 g/mol. The zero-order valence-electron chi connectivity index (χ0n) is 19.9. The van der Waals surface area contributed by atoms with Crippen LogP contribution in [-0.2, 0) is 29.0 Å². The largest absolute Gasteiger partial charge is 0.368 e. The minimum absolute atomic E-state index is 0.0538. The van der Waals surface area contributed by atoms with Crippen molar-refractivity contribution in [3.63, 3.8) is 0 Å². The summed E-state index contributed by atoms with van der Waals surface area (Å²) in [4.78, 5) is 48.7. The maximum atomic E-state index is 13.0. The molecule has 0 spiro atoms. The molecule has 0 unspecified atom stereocenters. The summed E-state index contributed by atoms with van der Waals surface area (Å²) in [6.45, 7) is 3.43. The molecule has 1 saturated heterocycles. The Morgan fingerprint density at radius 2 is 1.80 bits per heavy atom. The van der Waals surface area contributed by atoms with Crippen molar-refractivity contribution in [1.29, 1.82) is 0 Å². The van der Waals surface area contributed by atoms with Gasteiger partial charge in [-0.15, -0.1) is 11.3 Å². The summed E-state index contributed by atoms with van der Waals surface area (Å²) in [6.07, 6.45) is 6.63. The smallest absolute Gasteiger partial charge is 0.262 e. The minimum atomic E-state index is -0.235. The van der Waals surface area contributed by atoms with E-state index in [9.17, 15) is 14.4 Å². The molecule has 35 heavy (non-hydrogen) atoms. The predicted octanol–water partition coefficient (Wildman–Crippen LogP) is 2.58. The number of piperazine rings is 1. The Bertz CT molecular complexity index is 1260. The Kier molecular flexibility index (Phi) is 7.13. The van der Waals surface area contributed by atoms with Crippen molar-refractivity contribution >= 4 is 39.1 Å². The highest BCUT2D eigenvalue weighted by atomic mass is 32.1. The number of anilines is 1. The maximum Gasteiger partial charge on any atom is 0.262 e. The average molecular weight is 494 g/mol. The predicted molar refractivity (Wildman–Crippen MR) is 138 cm³/mol. The molecule has 0 radical (unpaired) electrons. The van der Waals surface area contributed by atoms with Gasteiger partial charge in [0, 0.05) is 49.7 Å². The molecule has 2 aromatic heterocycles. The molecule has 9 heteroatoms. The SMILES string of the molecule is O=C(Cn1cnc2sc3c(c2c1=O)CCCC3)NCCCC(=O)N1CCN(c2ccccc2)CC1. The first-order valence-corrected chi connectivity index (χ1v) is 13.3. The Hall–Kier alpha value is -3.20. The number of para-hydroxylation sites is 1. The molecule has 3 aromatic rings. The number of carbonyl (C=O) groups excluding carboxylic acids is 2. The second-order valence-electron chi connectivity index (χ2n) is 9.23. The Labute approximate surface area is 208 Å². The van der Waals surface area contributed by atoms with Crippen LogP contribution in [0.3, 0.4) is 0 Å². The number of aromatic nitrogens is 2. The Morgan fingerprint density at radius 1 is 1.03 bits per heavy atom. The summed E-state index contributed by atoms with van der Waals surface area (Å²) < 4.78 is 1.40. The number of benzene rings is 1. The van der Waals surface area contributed by atoms with Crippen LogP contribution in [0, 0.1) is 0 Å². The highest BCUT2D eigenvalue weighted by molar-refractivity contribution is 7.18. The van der Waals surface area contributed by atoms with Gasteiger partial charge in [0.1, 0.15) is 11.4 Å². The number of rotatable bonds is 7. The van der Waals surface area contributed by atoms with Crippen LogP contribution in [0.25, 0.3) is 10.2 Å². The molecule has 1 fully saturated rings. The molecular formula is C26H31N5O3S. The van der Waals surface area contributed by atoms with Crippen LogP contribution < -0.4 is 15.8 Å². The number of hydrogen-bond donors (Lipinski definition) is 1. The number of nitrogens with one attached hydrogen (secondary N) is 1. The average Bonchev–Trinajstić information content (AvgIpc) is 3.28. The number of hydrogen-bond acceptors (Lipinski definition) is 6. The minimum Gasteiger partial charge on any atom is -0.368 e. The lowest BCUT2D eigenvalue weighted by atomic mass is 9.97. The van der Waals surface area contributed by atoms with Crippen molar-refractivity contribution in [2.24, 2.45) is 0 Å². The molecule has 184 valence electrons. The fourth-order valence-corrected chi connectivity index (χ4v) is 6.20. The second kappa shape index (κ2) is 10.6. The number of fused-ring (bicyclic) bond motifs is 3. The van der Waals surface area contributed by atoms with E-state index >= 15 is 0 Å². The van der Waals surface area contributed by atoms with Crippen molar-refractivity contribution in [2.45, 2.75) is 45.1 Å². The third-order valence-electron chi connectivity index (χ3n) is 6.90. The standard InChI is InChI=1S/C26H31N5O3S/c32-22(17-31-18-28-25-24(26(31)34)20-9-4-5-10-21(20)35-25)27-12-6-11-23(33)30-15-13-29(14-16-30)19-7-2-1-3-8-19/h1-3,7-8,18H,4-6,9-17H2,(H,27,32). The number of nitrogens with zero attached hydrogens (tertiary/aromatic N) is 4. The topological polar surface area (TPSA) is 87.5 Å². The molecule has 3 heterocycles. The fourth-order valence-electron chi connectivity index (χ4n) is 4.98. The zero-order valence-corrected chi connectivity index (χ0v) is 20.7. The van der Waals surface area contributed by atoms with E-state index in [2.05, 4.69) is 27.3 Å². The number of thiophene rings is 1. The maximum absolute atomic E-state index is 13.0. The lowest BCUT2D eigenvalue weighted by Crippen LogP contribution is -2.48. The number of aryl methyl sites for hydroxylation is 2. The van der Waals surface area contributed by atoms with E-state index < -0.39 is 0 Å². The molecule has 2 amide bonds. The van der Waals surface area contributed by atoms with Crippen LogP contribution in [0.4, 0.5) is 5.69 Å². The third kappa shape index (κ3) is 5.24. The number of amides is 2. The van der Waals surface area contributed by atoms with Gasteiger partial charge in [-0.3, -0.25) is 19.0 Å². The third-order valence-corrected chi connectivity index (χ3v) is 8.10. The quantitative estimate of drug-likeness (QED) is 0.511. The van der Waals surface area contributed by atoms with Crippen LogP contribution in [-0.4, -0.2) is 59.0 Å². The van der Waals surface area contributed by atoms with E-state index in [1.807, 2.05) is 23.1 Å².